The molecule has 4 rings (SSSR count). The molecule has 2 heterocycles. The summed E-state index contributed by atoms with van der Waals surface area (Å²) in [5.41, 5.74) is 2.54. The minimum Gasteiger partial charge on any atom is -0.330 e. The Morgan fingerprint density at radius 2 is 1.95 bits per heavy atom. The summed E-state index contributed by atoms with van der Waals surface area (Å²) < 4.78 is 15.4. The van der Waals surface area contributed by atoms with E-state index < -0.39 is 0 Å². The van der Waals surface area contributed by atoms with Crippen LogP contribution in [0.1, 0.15) is 49.0 Å². The number of imidazole rings is 1. The van der Waals surface area contributed by atoms with Crippen LogP contribution in [0.15, 0.2) is 36.8 Å². The van der Waals surface area contributed by atoms with Crippen LogP contribution >= 0.6 is 0 Å². The predicted molar refractivity (Wildman–Crippen MR) is 79.3 cm³/mol. The highest BCUT2D eigenvalue weighted by Crippen LogP contribution is 2.37. The van der Waals surface area contributed by atoms with E-state index in [0.29, 0.717) is 12.1 Å². The molecule has 4 heteroatoms. The van der Waals surface area contributed by atoms with E-state index in [0.717, 1.165) is 19.5 Å². The van der Waals surface area contributed by atoms with Gasteiger partial charge in [0.05, 0.1) is 12.0 Å². The Kier molecular flexibility index (Phi) is 3.26. The number of nitrogens with zero attached hydrogens (tertiary/aromatic N) is 3. The zero-order chi connectivity index (χ0) is 14.2. The fourth-order valence-corrected chi connectivity index (χ4v) is 3.42. The van der Waals surface area contributed by atoms with Crippen LogP contribution in [0.4, 0.5) is 4.39 Å². The lowest BCUT2D eigenvalue weighted by Gasteiger charge is -2.25. The third-order valence-corrected chi connectivity index (χ3v) is 4.67. The SMILES string of the molecule is Fc1ccc([C@H]2CCCN2Cc2cncn2C2CC2)cc1. The highest BCUT2D eigenvalue weighted by molar-refractivity contribution is 5.21. The van der Waals surface area contributed by atoms with Gasteiger partial charge in [-0.3, -0.25) is 4.90 Å². The van der Waals surface area contributed by atoms with Crippen molar-refractivity contribution in [3.63, 3.8) is 0 Å². The van der Waals surface area contributed by atoms with Gasteiger partial charge < -0.3 is 4.57 Å². The molecule has 1 aliphatic carbocycles. The lowest BCUT2D eigenvalue weighted by Crippen LogP contribution is -2.24. The molecule has 110 valence electrons. The van der Waals surface area contributed by atoms with E-state index in [2.05, 4.69) is 14.5 Å². The number of aromatic nitrogens is 2. The van der Waals surface area contributed by atoms with Crippen LogP contribution in [0.5, 0.6) is 0 Å². The Labute approximate surface area is 124 Å². The second-order valence-electron chi connectivity index (χ2n) is 6.20. The summed E-state index contributed by atoms with van der Waals surface area (Å²) in [6.45, 7) is 2.05. The molecule has 1 saturated carbocycles. The fourth-order valence-electron chi connectivity index (χ4n) is 3.42. The molecule has 1 aromatic carbocycles. The molecule has 21 heavy (non-hydrogen) atoms. The first-order chi connectivity index (χ1) is 10.3. The first-order valence-corrected chi connectivity index (χ1v) is 7.81. The van der Waals surface area contributed by atoms with Crippen molar-refractivity contribution >= 4 is 0 Å². The summed E-state index contributed by atoms with van der Waals surface area (Å²) in [7, 11) is 0. The van der Waals surface area contributed by atoms with E-state index >= 15 is 0 Å². The average Bonchev–Trinajstić information content (AvgIpc) is 3.06. The summed E-state index contributed by atoms with van der Waals surface area (Å²) in [6, 6.07) is 8.08. The van der Waals surface area contributed by atoms with E-state index in [1.54, 1.807) is 12.1 Å². The number of likely N-dealkylation sites (tertiary alicyclic amines) is 1. The highest BCUT2D eigenvalue weighted by Gasteiger charge is 2.29. The van der Waals surface area contributed by atoms with Crippen LogP contribution in [0.25, 0.3) is 0 Å². The van der Waals surface area contributed by atoms with Crippen molar-refractivity contribution in [2.45, 2.75) is 44.3 Å². The third-order valence-electron chi connectivity index (χ3n) is 4.67. The lowest BCUT2D eigenvalue weighted by atomic mass is 10.0. The van der Waals surface area contributed by atoms with Crippen molar-refractivity contribution in [2.75, 3.05) is 6.54 Å². The monoisotopic (exact) mass is 285 g/mol. The first kappa shape index (κ1) is 13.0. The standard InChI is InChI=1S/C17H20FN3/c18-14-5-3-13(4-6-14)17-2-1-9-20(17)11-16-10-19-12-21(16)15-7-8-15/h3-6,10,12,15,17H,1-2,7-9,11H2/t17-/m1/s1. The Morgan fingerprint density at radius 1 is 1.14 bits per heavy atom. The van der Waals surface area contributed by atoms with Crippen LogP contribution in [0.2, 0.25) is 0 Å². The molecule has 2 aliphatic rings. The normalized spacial score (nSPS) is 22.8. The second kappa shape index (κ2) is 5.26. The van der Waals surface area contributed by atoms with Crippen LogP contribution in [0.3, 0.4) is 0 Å². The zero-order valence-corrected chi connectivity index (χ0v) is 12.1. The summed E-state index contributed by atoms with van der Waals surface area (Å²) in [6.07, 6.45) is 8.90. The molecule has 0 unspecified atom stereocenters. The molecule has 1 aromatic heterocycles. The van der Waals surface area contributed by atoms with Crippen LogP contribution in [-0.2, 0) is 6.54 Å². The molecule has 0 N–H and O–H groups in total. The van der Waals surface area contributed by atoms with Crippen LogP contribution < -0.4 is 0 Å². The van der Waals surface area contributed by atoms with Gasteiger partial charge in [0, 0.05) is 24.8 Å². The summed E-state index contributed by atoms with van der Waals surface area (Å²) in [5, 5.41) is 0. The zero-order valence-electron chi connectivity index (χ0n) is 12.1. The number of halogens is 1. The van der Waals surface area contributed by atoms with E-state index in [1.807, 2.05) is 24.7 Å². The van der Waals surface area contributed by atoms with Crippen molar-refractivity contribution in [1.82, 2.24) is 14.5 Å². The van der Waals surface area contributed by atoms with E-state index in [9.17, 15) is 4.39 Å². The van der Waals surface area contributed by atoms with Gasteiger partial charge in [0.2, 0.25) is 0 Å². The minimum atomic E-state index is -0.157. The van der Waals surface area contributed by atoms with Gasteiger partial charge in [-0.1, -0.05) is 12.1 Å². The van der Waals surface area contributed by atoms with Gasteiger partial charge in [-0.25, -0.2) is 9.37 Å². The van der Waals surface area contributed by atoms with E-state index in [-0.39, 0.29) is 5.82 Å². The number of rotatable bonds is 4. The Balaban J connectivity index is 1.53. The van der Waals surface area contributed by atoms with E-state index in [4.69, 9.17) is 0 Å². The summed E-state index contributed by atoms with van der Waals surface area (Å²) in [4.78, 5) is 6.82. The van der Waals surface area contributed by atoms with Gasteiger partial charge in [-0.2, -0.15) is 0 Å². The molecular weight excluding hydrogens is 265 g/mol. The smallest absolute Gasteiger partial charge is 0.123 e. The maximum atomic E-state index is 13.1. The van der Waals surface area contributed by atoms with Crippen molar-refractivity contribution in [2.24, 2.45) is 0 Å². The first-order valence-electron chi connectivity index (χ1n) is 7.81. The Bertz CT molecular complexity index is 615. The third kappa shape index (κ3) is 2.60. The highest BCUT2D eigenvalue weighted by atomic mass is 19.1. The molecule has 2 fully saturated rings. The van der Waals surface area contributed by atoms with Crippen LogP contribution in [0, 0.1) is 5.82 Å². The Morgan fingerprint density at radius 3 is 2.71 bits per heavy atom. The molecule has 0 bridgehead atoms. The van der Waals surface area contributed by atoms with Crippen molar-refractivity contribution in [3.8, 4) is 0 Å². The second-order valence-corrected chi connectivity index (χ2v) is 6.20. The lowest BCUT2D eigenvalue weighted by molar-refractivity contribution is 0.242. The van der Waals surface area contributed by atoms with Gasteiger partial charge >= 0.3 is 0 Å². The molecule has 0 radical (unpaired) electrons. The summed E-state index contributed by atoms with van der Waals surface area (Å²) in [5.74, 6) is -0.157. The largest absolute Gasteiger partial charge is 0.330 e. The molecule has 0 amide bonds. The summed E-state index contributed by atoms with van der Waals surface area (Å²) >= 11 is 0. The van der Waals surface area contributed by atoms with Gasteiger partial charge in [-0.15, -0.1) is 0 Å². The molecule has 0 spiro atoms. The van der Waals surface area contributed by atoms with Gasteiger partial charge in [0.25, 0.3) is 0 Å². The van der Waals surface area contributed by atoms with Gasteiger partial charge in [-0.05, 0) is 49.9 Å². The number of benzene rings is 1. The fraction of sp³-hybridized carbons (Fsp3) is 0.471. The molecular formula is C17H20FN3. The van der Waals surface area contributed by atoms with Crippen molar-refractivity contribution in [1.29, 1.82) is 0 Å². The topological polar surface area (TPSA) is 21.1 Å². The maximum Gasteiger partial charge on any atom is 0.123 e. The van der Waals surface area contributed by atoms with Crippen molar-refractivity contribution in [3.05, 3.63) is 53.9 Å². The molecule has 1 atom stereocenters. The van der Waals surface area contributed by atoms with E-state index in [1.165, 1.54) is 30.5 Å². The minimum absolute atomic E-state index is 0.157. The maximum absolute atomic E-state index is 13.1. The predicted octanol–water partition coefficient (Wildman–Crippen LogP) is 3.69. The van der Waals surface area contributed by atoms with Gasteiger partial charge in [0.15, 0.2) is 0 Å². The number of hydrogen-bond donors (Lipinski definition) is 0. The molecule has 1 saturated heterocycles. The molecule has 2 aromatic rings. The van der Waals surface area contributed by atoms with Crippen LogP contribution in [-0.4, -0.2) is 21.0 Å². The molecule has 1 aliphatic heterocycles. The quantitative estimate of drug-likeness (QED) is 0.854. The Hall–Kier alpha value is -1.68. The average molecular weight is 285 g/mol. The number of hydrogen-bond acceptors (Lipinski definition) is 2. The van der Waals surface area contributed by atoms with Gasteiger partial charge in [0.1, 0.15) is 5.82 Å². The molecule has 3 nitrogen and oxygen atoms in total. The van der Waals surface area contributed by atoms with Crippen molar-refractivity contribution < 1.29 is 4.39 Å².